The molecule has 0 atom stereocenters. The van der Waals surface area contributed by atoms with Crippen molar-refractivity contribution in [3.63, 3.8) is 0 Å². The summed E-state index contributed by atoms with van der Waals surface area (Å²) in [5, 5.41) is 10.2. The summed E-state index contributed by atoms with van der Waals surface area (Å²) in [6, 6.07) is 5.39. The summed E-state index contributed by atoms with van der Waals surface area (Å²) in [5.41, 5.74) is 3.18. The Morgan fingerprint density at radius 3 is 2.62 bits per heavy atom. The van der Waals surface area contributed by atoms with Gasteiger partial charge in [-0.2, -0.15) is 18.3 Å². The summed E-state index contributed by atoms with van der Waals surface area (Å²) in [4.78, 5) is 0. The lowest BCUT2D eigenvalue weighted by Crippen LogP contribution is -2.17. The maximum Gasteiger partial charge on any atom is 0.416 e. The Balaban J connectivity index is 1.87. The van der Waals surface area contributed by atoms with Gasteiger partial charge in [-0.15, -0.1) is 0 Å². The summed E-state index contributed by atoms with van der Waals surface area (Å²) >= 11 is 0. The Kier molecular flexibility index (Phi) is 4.67. The Hall–Kier alpha value is -1.82. The number of hydrogen-bond donors (Lipinski definition) is 2. The molecule has 1 aromatic heterocycles. The number of aromatic amines is 1. The van der Waals surface area contributed by atoms with Crippen LogP contribution < -0.4 is 5.32 Å². The molecule has 2 aromatic rings. The zero-order valence-corrected chi connectivity index (χ0v) is 12.0. The fraction of sp³-hybridized carbons (Fsp3) is 0.400. The van der Waals surface area contributed by atoms with Crippen LogP contribution in [0.4, 0.5) is 13.2 Å². The van der Waals surface area contributed by atoms with Crippen LogP contribution in [-0.4, -0.2) is 16.7 Å². The first-order valence-electron chi connectivity index (χ1n) is 6.75. The average Bonchev–Trinajstić information content (AvgIpc) is 2.74. The van der Waals surface area contributed by atoms with Crippen molar-refractivity contribution in [1.82, 2.24) is 15.5 Å². The van der Waals surface area contributed by atoms with Crippen LogP contribution in [-0.2, 0) is 19.1 Å². The Labute approximate surface area is 121 Å². The standard InChI is InChI=1S/C15H18F3N3/c1-10-14(11(2)21-20-10)6-7-19-9-12-4-3-5-13(8-12)15(16,17)18/h3-5,8,19H,6-7,9H2,1-2H3,(H,20,21). The molecule has 2 rings (SSSR count). The van der Waals surface area contributed by atoms with Gasteiger partial charge in [0, 0.05) is 12.2 Å². The summed E-state index contributed by atoms with van der Waals surface area (Å²) in [6.07, 6.45) is -3.49. The lowest BCUT2D eigenvalue weighted by molar-refractivity contribution is -0.137. The number of aryl methyl sites for hydroxylation is 2. The van der Waals surface area contributed by atoms with Crippen LogP contribution >= 0.6 is 0 Å². The first kappa shape index (κ1) is 15.6. The highest BCUT2D eigenvalue weighted by Gasteiger charge is 2.30. The van der Waals surface area contributed by atoms with E-state index in [-0.39, 0.29) is 0 Å². The number of H-pyrrole nitrogens is 1. The van der Waals surface area contributed by atoms with Gasteiger partial charge in [-0.25, -0.2) is 0 Å². The van der Waals surface area contributed by atoms with Crippen molar-refractivity contribution in [2.75, 3.05) is 6.54 Å². The van der Waals surface area contributed by atoms with Crippen molar-refractivity contribution in [3.8, 4) is 0 Å². The molecule has 0 fully saturated rings. The number of benzene rings is 1. The summed E-state index contributed by atoms with van der Waals surface area (Å²) in [5.74, 6) is 0. The predicted octanol–water partition coefficient (Wildman–Crippen LogP) is 3.38. The van der Waals surface area contributed by atoms with Gasteiger partial charge in [-0.05, 0) is 44.0 Å². The van der Waals surface area contributed by atoms with Crippen LogP contribution in [0, 0.1) is 13.8 Å². The van der Waals surface area contributed by atoms with Crippen LogP contribution in [0.25, 0.3) is 0 Å². The number of alkyl halides is 3. The molecule has 0 bridgehead atoms. The van der Waals surface area contributed by atoms with Crippen LogP contribution in [0.5, 0.6) is 0 Å². The smallest absolute Gasteiger partial charge is 0.312 e. The van der Waals surface area contributed by atoms with Gasteiger partial charge < -0.3 is 5.32 Å². The predicted molar refractivity (Wildman–Crippen MR) is 74.9 cm³/mol. The van der Waals surface area contributed by atoms with E-state index in [4.69, 9.17) is 0 Å². The van der Waals surface area contributed by atoms with Gasteiger partial charge in [0.1, 0.15) is 0 Å². The zero-order valence-electron chi connectivity index (χ0n) is 12.0. The second-order valence-corrected chi connectivity index (χ2v) is 5.04. The van der Waals surface area contributed by atoms with Crippen molar-refractivity contribution in [2.24, 2.45) is 0 Å². The molecule has 0 radical (unpaired) electrons. The Morgan fingerprint density at radius 1 is 1.24 bits per heavy atom. The first-order chi connectivity index (χ1) is 9.88. The van der Waals surface area contributed by atoms with E-state index >= 15 is 0 Å². The Morgan fingerprint density at radius 2 is 2.00 bits per heavy atom. The number of hydrogen-bond acceptors (Lipinski definition) is 2. The highest BCUT2D eigenvalue weighted by molar-refractivity contribution is 5.26. The fourth-order valence-electron chi connectivity index (χ4n) is 2.25. The van der Waals surface area contributed by atoms with E-state index in [1.165, 1.54) is 12.1 Å². The fourth-order valence-corrected chi connectivity index (χ4v) is 2.25. The molecule has 0 saturated heterocycles. The van der Waals surface area contributed by atoms with Gasteiger partial charge >= 0.3 is 6.18 Å². The number of aromatic nitrogens is 2. The minimum Gasteiger partial charge on any atom is -0.312 e. The van der Waals surface area contributed by atoms with Crippen LogP contribution in [0.2, 0.25) is 0 Å². The SMILES string of the molecule is Cc1n[nH]c(C)c1CCNCc1cccc(C(F)(F)F)c1. The maximum absolute atomic E-state index is 12.6. The molecule has 21 heavy (non-hydrogen) atoms. The number of nitrogens with zero attached hydrogens (tertiary/aromatic N) is 1. The highest BCUT2D eigenvalue weighted by atomic mass is 19.4. The summed E-state index contributed by atoms with van der Waals surface area (Å²) in [7, 11) is 0. The van der Waals surface area contributed by atoms with Crippen molar-refractivity contribution >= 4 is 0 Å². The quantitative estimate of drug-likeness (QED) is 0.831. The molecule has 114 valence electrons. The normalized spacial score (nSPS) is 11.9. The van der Waals surface area contributed by atoms with Gasteiger partial charge in [0.15, 0.2) is 0 Å². The van der Waals surface area contributed by atoms with E-state index in [0.717, 1.165) is 29.4 Å². The van der Waals surface area contributed by atoms with Crippen molar-refractivity contribution < 1.29 is 13.2 Å². The topological polar surface area (TPSA) is 40.7 Å². The highest BCUT2D eigenvalue weighted by Crippen LogP contribution is 2.29. The molecule has 0 spiro atoms. The lowest BCUT2D eigenvalue weighted by atomic mass is 10.1. The molecule has 0 unspecified atom stereocenters. The molecule has 1 heterocycles. The summed E-state index contributed by atoms with van der Waals surface area (Å²) in [6.45, 7) is 5.01. The Bertz CT molecular complexity index is 583. The molecule has 1 aromatic carbocycles. The largest absolute Gasteiger partial charge is 0.416 e. The maximum atomic E-state index is 12.6. The van der Waals surface area contributed by atoms with Gasteiger partial charge in [0.2, 0.25) is 0 Å². The first-order valence-corrected chi connectivity index (χ1v) is 6.75. The van der Waals surface area contributed by atoms with Crippen LogP contribution in [0.1, 0.15) is 28.1 Å². The second kappa shape index (κ2) is 6.30. The summed E-state index contributed by atoms with van der Waals surface area (Å²) < 4.78 is 37.8. The minimum atomic E-state index is -4.29. The zero-order chi connectivity index (χ0) is 15.5. The van der Waals surface area contributed by atoms with E-state index in [9.17, 15) is 13.2 Å². The molecule has 3 nitrogen and oxygen atoms in total. The third-order valence-electron chi connectivity index (χ3n) is 3.42. The van der Waals surface area contributed by atoms with E-state index < -0.39 is 11.7 Å². The van der Waals surface area contributed by atoms with Crippen LogP contribution in [0.15, 0.2) is 24.3 Å². The van der Waals surface area contributed by atoms with E-state index in [1.54, 1.807) is 6.07 Å². The van der Waals surface area contributed by atoms with Gasteiger partial charge in [0.05, 0.1) is 11.3 Å². The van der Waals surface area contributed by atoms with E-state index in [0.29, 0.717) is 18.7 Å². The number of halogens is 3. The third kappa shape index (κ3) is 4.07. The average molecular weight is 297 g/mol. The van der Waals surface area contributed by atoms with Gasteiger partial charge in [0.25, 0.3) is 0 Å². The third-order valence-corrected chi connectivity index (χ3v) is 3.42. The molecule has 0 amide bonds. The van der Waals surface area contributed by atoms with Crippen molar-refractivity contribution in [3.05, 3.63) is 52.3 Å². The molecule has 0 aliphatic heterocycles. The number of rotatable bonds is 5. The second-order valence-electron chi connectivity index (χ2n) is 5.04. The molecule has 0 saturated carbocycles. The van der Waals surface area contributed by atoms with E-state index in [2.05, 4.69) is 15.5 Å². The molecule has 6 heteroatoms. The lowest BCUT2D eigenvalue weighted by Gasteiger charge is -2.09. The van der Waals surface area contributed by atoms with Gasteiger partial charge in [-0.1, -0.05) is 18.2 Å². The number of nitrogens with one attached hydrogen (secondary N) is 2. The van der Waals surface area contributed by atoms with Crippen molar-refractivity contribution in [1.29, 1.82) is 0 Å². The van der Waals surface area contributed by atoms with Gasteiger partial charge in [-0.3, -0.25) is 5.10 Å². The minimum absolute atomic E-state index is 0.417. The van der Waals surface area contributed by atoms with Crippen LogP contribution in [0.3, 0.4) is 0 Å². The molecule has 0 aliphatic carbocycles. The molecule has 2 N–H and O–H groups in total. The molecular weight excluding hydrogens is 279 g/mol. The molecule has 0 aliphatic rings. The van der Waals surface area contributed by atoms with E-state index in [1.807, 2.05) is 13.8 Å². The monoisotopic (exact) mass is 297 g/mol. The van der Waals surface area contributed by atoms with Crippen molar-refractivity contribution in [2.45, 2.75) is 33.0 Å². The molecular formula is C15H18F3N3.